The van der Waals surface area contributed by atoms with Crippen LogP contribution in [0.15, 0.2) is 30.3 Å². The predicted octanol–water partition coefficient (Wildman–Crippen LogP) is 1.36. The van der Waals surface area contributed by atoms with E-state index in [1.54, 1.807) is 24.3 Å². The Balaban J connectivity index is 2.03. The molecule has 0 amide bonds. The molecule has 1 aliphatic rings. The number of hydrogen-bond acceptors (Lipinski definition) is 3. The number of hydrogen-bond donors (Lipinski definition) is 2. The molecule has 0 bridgehead atoms. The van der Waals surface area contributed by atoms with Gasteiger partial charge in [0.2, 0.25) is 10.0 Å². The van der Waals surface area contributed by atoms with Crippen molar-refractivity contribution in [3.05, 3.63) is 35.9 Å². The summed E-state index contributed by atoms with van der Waals surface area (Å²) in [6.45, 7) is 0. The molecule has 2 N–H and O–H groups in total. The summed E-state index contributed by atoms with van der Waals surface area (Å²) in [7, 11) is -3.50. The lowest BCUT2D eigenvalue weighted by atomic mass is 10.1. The van der Waals surface area contributed by atoms with E-state index >= 15 is 0 Å². The highest BCUT2D eigenvalue weighted by atomic mass is 32.2. The van der Waals surface area contributed by atoms with Crippen molar-refractivity contribution in [3.8, 4) is 0 Å². The maximum absolute atomic E-state index is 12.0. The van der Waals surface area contributed by atoms with Gasteiger partial charge in [0.1, 0.15) is 0 Å². The molecule has 1 fully saturated rings. The first kappa shape index (κ1) is 14.0. The van der Waals surface area contributed by atoms with E-state index in [0.29, 0.717) is 18.4 Å². The van der Waals surface area contributed by atoms with Crippen molar-refractivity contribution in [3.63, 3.8) is 0 Å². The monoisotopic (exact) mass is 283 g/mol. The van der Waals surface area contributed by atoms with Crippen molar-refractivity contribution in [2.45, 2.75) is 31.1 Å². The third-order valence-electron chi connectivity index (χ3n) is 3.36. The third-order valence-corrected chi connectivity index (χ3v) is 4.74. The molecule has 2 atom stereocenters. The van der Waals surface area contributed by atoms with Gasteiger partial charge < -0.3 is 5.11 Å². The zero-order valence-corrected chi connectivity index (χ0v) is 11.3. The average molecular weight is 283 g/mol. The Morgan fingerprint density at radius 2 is 1.95 bits per heavy atom. The second kappa shape index (κ2) is 5.71. The van der Waals surface area contributed by atoms with Crippen LogP contribution in [0.1, 0.15) is 24.8 Å². The largest absolute Gasteiger partial charge is 0.481 e. The standard InChI is InChI=1S/C13H17NO4S/c15-13(16)11-7-4-8-12(11)14-19(17,18)9-10-5-2-1-3-6-10/h1-3,5-6,11-12,14H,4,7-9H2,(H,15,16). The number of carboxylic acids is 1. The van der Waals surface area contributed by atoms with Crippen LogP contribution >= 0.6 is 0 Å². The molecular weight excluding hydrogens is 266 g/mol. The van der Waals surface area contributed by atoms with Crippen LogP contribution in [0.25, 0.3) is 0 Å². The van der Waals surface area contributed by atoms with Crippen molar-refractivity contribution in [2.75, 3.05) is 0 Å². The average Bonchev–Trinajstić information content (AvgIpc) is 2.77. The predicted molar refractivity (Wildman–Crippen MR) is 71.0 cm³/mol. The molecule has 2 rings (SSSR count). The van der Waals surface area contributed by atoms with Gasteiger partial charge in [0.15, 0.2) is 0 Å². The summed E-state index contributed by atoms with van der Waals surface area (Å²) in [4.78, 5) is 11.0. The SMILES string of the molecule is O=C(O)C1CCCC1NS(=O)(=O)Cc1ccccc1. The Bertz CT molecular complexity index is 541. The number of carbonyl (C=O) groups is 1. The quantitative estimate of drug-likeness (QED) is 0.854. The summed E-state index contributed by atoms with van der Waals surface area (Å²) >= 11 is 0. The summed E-state index contributed by atoms with van der Waals surface area (Å²) in [6, 6.07) is 8.37. The number of carboxylic acid groups (broad SMARTS) is 1. The van der Waals surface area contributed by atoms with Crippen LogP contribution in [0.3, 0.4) is 0 Å². The van der Waals surface area contributed by atoms with Gasteiger partial charge in [0, 0.05) is 6.04 Å². The van der Waals surface area contributed by atoms with E-state index in [9.17, 15) is 13.2 Å². The van der Waals surface area contributed by atoms with Gasteiger partial charge in [0.25, 0.3) is 0 Å². The summed E-state index contributed by atoms with van der Waals surface area (Å²) < 4.78 is 26.6. The lowest BCUT2D eigenvalue weighted by Gasteiger charge is -2.17. The van der Waals surface area contributed by atoms with Crippen molar-refractivity contribution in [1.29, 1.82) is 0 Å². The maximum Gasteiger partial charge on any atom is 0.308 e. The molecule has 0 aromatic heterocycles. The molecule has 19 heavy (non-hydrogen) atoms. The highest BCUT2D eigenvalue weighted by Crippen LogP contribution is 2.26. The number of rotatable bonds is 5. The first-order valence-corrected chi connectivity index (χ1v) is 7.90. The fourth-order valence-electron chi connectivity index (χ4n) is 2.46. The smallest absolute Gasteiger partial charge is 0.308 e. The molecule has 0 saturated heterocycles. The lowest BCUT2D eigenvalue weighted by molar-refractivity contribution is -0.141. The second-order valence-corrected chi connectivity index (χ2v) is 6.60. The minimum Gasteiger partial charge on any atom is -0.481 e. The van der Waals surface area contributed by atoms with Gasteiger partial charge in [-0.2, -0.15) is 0 Å². The minimum atomic E-state index is -3.50. The zero-order valence-electron chi connectivity index (χ0n) is 10.5. The normalized spacial score (nSPS) is 23.4. The van der Waals surface area contributed by atoms with E-state index in [-0.39, 0.29) is 5.75 Å². The van der Waals surface area contributed by atoms with Gasteiger partial charge in [-0.25, -0.2) is 13.1 Å². The molecule has 1 aromatic carbocycles. The molecule has 1 aromatic rings. The Labute approximate surface area is 112 Å². The molecule has 104 valence electrons. The minimum absolute atomic E-state index is 0.114. The molecule has 1 saturated carbocycles. The summed E-state index contributed by atoms with van der Waals surface area (Å²) in [5.74, 6) is -1.65. The Kier molecular flexibility index (Phi) is 4.21. The second-order valence-electron chi connectivity index (χ2n) is 4.84. The molecule has 6 heteroatoms. The van der Waals surface area contributed by atoms with Gasteiger partial charge in [-0.1, -0.05) is 36.8 Å². The van der Waals surface area contributed by atoms with Gasteiger partial charge in [-0.3, -0.25) is 4.79 Å². The summed E-state index contributed by atoms with van der Waals surface area (Å²) in [6.07, 6.45) is 1.87. The Morgan fingerprint density at radius 1 is 1.26 bits per heavy atom. The summed E-state index contributed by atoms with van der Waals surface area (Å²) in [5, 5.41) is 9.04. The molecule has 2 unspecified atom stereocenters. The molecule has 0 radical (unpaired) electrons. The third kappa shape index (κ3) is 3.78. The van der Waals surface area contributed by atoms with Crippen LogP contribution in [0, 0.1) is 5.92 Å². The molecule has 1 aliphatic carbocycles. The molecule has 0 aliphatic heterocycles. The topological polar surface area (TPSA) is 83.5 Å². The van der Waals surface area contributed by atoms with Crippen LogP contribution in [-0.4, -0.2) is 25.5 Å². The van der Waals surface area contributed by atoms with Crippen molar-refractivity contribution < 1.29 is 18.3 Å². The van der Waals surface area contributed by atoms with E-state index in [4.69, 9.17) is 5.11 Å². The van der Waals surface area contributed by atoms with Gasteiger partial charge >= 0.3 is 5.97 Å². The number of sulfonamides is 1. The maximum atomic E-state index is 12.0. The highest BCUT2D eigenvalue weighted by molar-refractivity contribution is 7.88. The van der Waals surface area contributed by atoms with Gasteiger partial charge in [-0.15, -0.1) is 0 Å². The van der Waals surface area contributed by atoms with E-state index in [0.717, 1.165) is 6.42 Å². The molecular formula is C13H17NO4S. The first-order chi connectivity index (χ1) is 8.98. The zero-order chi connectivity index (χ0) is 13.9. The van der Waals surface area contributed by atoms with Crippen LogP contribution < -0.4 is 4.72 Å². The van der Waals surface area contributed by atoms with E-state index in [1.807, 2.05) is 6.07 Å². The van der Waals surface area contributed by atoms with E-state index in [2.05, 4.69) is 4.72 Å². The number of benzene rings is 1. The van der Waals surface area contributed by atoms with Crippen LogP contribution in [0.5, 0.6) is 0 Å². The number of aliphatic carboxylic acids is 1. The van der Waals surface area contributed by atoms with Crippen molar-refractivity contribution in [2.24, 2.45) is 5.92 Å². The van der Waals surface area contributed by atoms with E-state index in [1.165, 1.54) is 0 Å². The summed E-state index contributed by atoms with van der Waals surface area (Å²) in [5.41, 5.74) is 0.694. The fourth-order valence-corrected chi connectivity index (χ4v) is 3.92. The first-order valence-electron chi connectivity index (χ1n) is 6.25. The van der Waals surface area contributed by atoms with Gasteiger partial charge in [0.05, 0.1) is 11.7 Å². The number of nitrogens with one attached hydrogen (secondary N) is 1. The van der Waals surface area contributed by atoms with Crippen LogP contribution in [0.2, 0.25) is 0 Å². The highest BCUT2D eigenvalue weighted by Gasteiger charge is 2.35. The van der Waals surface area contributed by atoms with Crippen LogP contribution in [-0.2, 0) is 20.6 Å². The van der Waals surface area contributed by atoms with Crippen molar-refractivity contribution >= 4 is 16.0 Å². The van der Waals surface area contributed by atoms with E-state index < -0.39 is 28.0 Å². The molecule has 0 heterocycles. The molecule has 5 nitrogen and oxygen atoms in total. The van der Waals surface area contributed by atoms with Gasteiger partial charge in [-0.05, 0) is 18.4 Å². The lowest BCUT2D eigenvalue weighted by Crippen LogP contribution is -2.40. The van der Waals surface area contributed by atoms with Crippen LogP contribution in [0.4, 0.5) is 0 Å². The van der Waals surface area contributed by atoms with Crippen molar-refractivity contribution in [1.82, 2.24) is 4.72 Å². The Hall–Kier alpha value is -1.40. The Morgan fingerprint density at radius 3 is 2.58 bits per heavy atom. The molecule has 0 spiro atoms. The fraction of sp³-hybridized carbons (Fsp3) is 0.462.